The molecule has 1 heterocycles. The van der Waals surface area contributed by atoms with Gasteiger partial charge in [0.2, 0.25) is 5.75 Å². The van der Waals surface area contributed by atoms with Crippen LogP contribution >= 0.6 is 11.7 Å². The van der Waals surface area contributed by atoms with Crippen molar-refractivity contribution in [1.82, 2.24) is 8.75 Å². The Bertz CT molecular complexity index is 1780. The first kappa shape index (κ1) is 32.7. The van der Waals surface area contributed by atoms with Gasteiger partial charge in [-0.05, 0) is 53.1 Å². The minimum Gasteiger partial charge on any atom is -0.545 e. The van der Waals surface area contributed by atoms with E-state index in [2.05, 4.69) is 8.75 Å². The number of aromatic nitrogens is 2. The van der Waals surface area contributed by atoms with Gasteiger partial charge in [0, 0.05) is 23.1 Å². The van der Waals surface area contributed by atoms with Gasteiger partial charge in [-0.3, -0.25) is 4.79 Å². The molecule has 0 bridgehead atoms. The zero-order chi connectivity index (χ0) is 30.3. The molecule has 0 aliphatic carbocycles. The van der Waals surface area contributed by atoms with Gasteiger partial charge in [-0.25, -0.2) is 0 Å². The fourth-order valence-electron chi connectivity index (χ4n) is 4.67. The fourth-order valence-corrected chi connectivity index (χ4v) is 5.19. The molecule has 4 aromatic carbocycles. The number of carbonyl (C=O) groups excluding carboxylic acids is 2. The van der Waals surface area contributed by atoms with Crippen LogP contribution in [0.25, 0.3) is 16.6 Å². The summed E-state index contributed by atoms with van der Waals surface area (Å²) >= 11 is 1.01. The summed E-state index contributed by atoms with van der Waals surface area (Å²) in [5.74, 6) is -0.583. The van der Waals surface area contributed by atoms with Crippen molar-refractivity contribution in [2.24, 2.45) is 0 Å². The summed E-state index contributed by atoms with van der Waals surface area (Å²) in [7, 11) is 4.33. The first-order valence-corrected chi connectivity index (χ1v) is 13.9. The van der Waals surface area contributed by atoms with Crippen LogP contribution in [0, 0.1) is 0 Å². The smallest absolute Gasteiger partial charge is 0.545 e. The standard InChI is InChI=1S/C33H28N2O7S.Na/c1-39-28-17-23(18-29(40-2)32(28)41-3)31(36)25(30(33(37)38)22-11-14-26-27(16-22)35-43-34-26)15-20-9-12-24(13-10-20)42-19-21-7-5-4-6-8-21;/h4-14,16-18H,15,19H2,1-3H3,(H,37,38);/q;+1/p-1/b30-25+;. The number of Topliss-reactive ketones (excluding diaryl/α,β-unsaturated/α-hetero) is 1. The SMILES string of the molecule is COc1cc(C(=O)/C(Cc2ccc(OCc3ccccc3)cc2)=C(/C(=O)[O-])c2ccc3nsnc3c2)cc(OC)c1OC.[Na+]. The Kier molecular flexibility index (Phi) is 11.1. The Morgan fingerprint density at radius 3 is 2.02 bits per heavy atom. The second-order valence-corrected chi connectivity index (χ2v) is 9.98. The number of benzene rings is 4. The van der Waals surface area contributed by atoms with Crippen molar-refractivity contribution in [2.75, 3.05) is 21.3 Å². The molecule has 0 unspecified atom stereocenters. The van der Waals surface area contributed by atoms with E-state index in [4.69, 9.17) is 18.9 Å². The monoisotopic (exact) mass is 618 g/mol. The van der Waals surface area contributed by atoms with Gasteiger partial charge in [-0.1, -0.05) is 48.5 Å². The third-order valence-electron chi connectivity index (χ3n) is 6.80. The van der Waals surface area contributed by atoms with Gasteiger partial charge in [0.05, 0.1) is 39.0 Å². The predicted octanol–water partition coefficient (Wildman–Crippen LogP) is 1.93. The average molecular weight is 619 g/mol. The van der Waals surface area contributed by atoms with Crippen molar-refractivity contribution in [3.8, 4) is 23.0 Å². The number of carboxylic acid groups (broad SMARTS) is 1. The molecule has 218 valence electrons. The average Bonchev–Trinajstić information content (AvgIpc) is 3.51. The number of carbonyl (C=O) groups is 2. The van der Waals surface area contributed by atoms with Crippen LogP contribution in [0.4, 0.5) is 0 Å². The van der Waals surface area contributed by atoms with Crippen molar-refractivity contribution in [3.63, 3.8) is 0 Å². The van der Waals surface area contributed by atoms with Crippen LogP contribution in [0.2, 0.25) is 0 Å². The van der Waals surface area contributed by atoms with Gasteiger partial charge in [-0.2, -0.15) is 8.75 Å². The van der Waals surface area contributed by atoms with Crippen LogP contribution in [-0.2, 0) is 17.8 Å². The molecule has 0 saturated carbocycles. The molecular formula is C33H27N2NaO7S. The maximum absolute atomic E-state index is 14.2. The number of nitrogens with zero attached hydrogens (tertiary/aromatic N) is 2. The van der Waals surface area contributed by atoms with Gasteiger partial charge in [0.1, 0.15) is 23.4 Å². The van der Waals surface area contributed by atoms with Crippen LogP contribution in [0.5, 0.6) is 23.0 Å². The van der Waals surface area contributed by atoms with E-state index in [9.17, 15) is 14.7 Å². The van der Waals surface area contributed by atoms with Crippen molar-refractivity contribution in [3.05, 3.63) is 113 Å². The van der Waals surface area contributed by atoms with Crippen molar-refractivity contribution in [1.29, 1.82) is 0 Å². The first-order chi connectivity index (χ1) is 20.9. The van der Waals surface area contributed by atoms with Crippen LogP contribution in [0.1, 0.15) is 27.0 Å². The Hall–Kier alpha value is -4.22. The number of fused-ring (bicyclic) bond motifs is 1. The summed E-state index contributed by atoms with van der Waals surface area (Å²) < 4.78 is 30.6. The van der Waals surface area contributed by atoms with Crippen molar-refractivity contribution in [2.45, 2.75) is 13.0 Å². The molecule has 5 rings (SSSR count). The van der Waals surface area contributed by atoms with Crippen LogP contribution in [0.15, 0.2) is 90.5 Å². The maximum Gasteiger partial charge on any atom is 1.00 e. The Morgan fingerprint density at radius 1 is 0.750 bits per heavy atom. The van der Waals surface area contributed by atoms with E-state index in [0.717, 1.165) is 17.3 Å². The van der Waals surface area contributed by atoms with Crippen molar-refractivity contribution >= 4 is 40.1 Å². The molecule has 1 aromatic heterocycles. The quantitative estimate of drug-likeness (QED) is 0.117. The molecule has 0 aliphatic heterocycles. The number of allylic oxidation sites excluding steroid dienone is 1. The zero-order valence-electron chi connectivity index (χ0n) is 24.7. The van der Waals surface area contributed by atoms with E-state index in [1.54, 1.807) is 42.5 Å². The molecule has 0 aliphatic rings. The number of methoxy groups -OCH3 is 3. The fraction of sp³-hybridized carbons (Fsp3) is 0.152. The predicted molar refractivity (Wildman–Crippen MR) is 161 cm³/mol. The number of rotatable bonds is 12. The summed E-state index contributed by atoms with van der Waals surface area (Å²) in [6.07, 6.45) is -0.00880. The van der Waals surface area contributed by atoms with Gasteiger partial charge in [-0.15, -0.1) is 0 Å². The molecular weight excluding hydrogens is 591 g/mol. The molecule has 0 saturated heterocycles. The van der Waals surface area contributed by atoms with Gasteiger partial charge >= 0.3 is 29.6 Å². The molecule has 0 N–H and O–H groups in total. The normalized spacial score (nSPS) is 11.2. The van der Waals surface area contributed by atoms with Gasteiger partial charge < -0.3 is 28.8 Å². The molecule has 44 heavy (non-hydrogen) atoms. The number of hydrogen-bond acceptors (Lipinski definition) is 10. The maximum atomic E-state index is 14.2. The summed E-state index contributed by atoms with van der Waals surface area (Å²) in [5, 5.41) is 12.7. The van der Waals surface area contributed by atoms with E-state index in [1.807, 2.05) is 30.3 Å². The summed E-state index contributed by atoms with van der Waals surface area (Å²) in [4.78, 5) is 26.9. The Labute approximate surface area is 280 Å². The first-order valence-electron chi connectivity index (χ1n) is 13.2. The minimum absolute atomic E-state index is 0. The molecule has 11 heteroatoms. The topological polar surface area (TPSA) is 120 Å². The zero-order valence-corrected chi connectivity index (χ0v) is 27.5. The third kappa shape index (κ3) is 7.28. The molecule has 0 amide bonds. The third-order valence-corrected chi connectivity index (χ3v) is 7.36. The van der Waals surface area contributed by atoms with E-state index < -0.39 is 11.8 Å². The second-order valence-electron chi connectivity index (χ2n) is 9.45. The largest absolute Gasteiger partial charge is 1.00 e. The number of hydrogen-bond donors (Lipinski definition) is 0. The number of ketones is 1. The number of carboxylic acids is 1. The van der Waals surface area contributed by atoms with E-state index >= 15 is 0 Å². The second kappa shape index (κ2) is 15.0. The van der Waals surface area contributed by atoms with Crippen LogP contribution in [0.3, 0.4) is 0 Å². The Balaban J connectivity index is 0.00000442. The number of aliphatic carboxylic acids is 1. The number of ether oxygens (including phenoxy) is 4. The Morgan fingerprint density at radius 2 is 1.41 bits per heavy atom. The van der Waals surface area contributed by atoms with E-state index in [1.165, 1.54) is 33.5 Å². The van der Waals surface area contributed by atoms with Crippen LogP contribution in [-0.4, -0.2) is 41.8 Å². The summed E-state index contributed by atoms with van der Waals surface area (Å²) in [6, 6.07) is 24.8. The van der Waals surface area contributed by atoms with Gasteiger partial charge in [0.15, 0.2) is 17.3 Å². The minimum atomic E-state index is -1.50. The van der Waals surface area contributed by atoms with Crippen molar-refractivity contribution < 1.29 is 63.2 Å². The molecule has 0 atom stereocenters. The molecule has 9 nitrogen and oxygen atoms in total. The summed E-state index contributed by atoms with van der Waals surface area (Å²) in [5.41, 5.74) is 3.04. The molecule has 5 aromatic rings. The summed E-state index contributed by atoms with van der Waals surface area (Å²) in [6.45, 7) is 0.397. The van der Waals surface area contributed by atoms with Crippen LogP contribution < -0.4 is 53.6 Å². The molecule has 0 radical (unpaired) electrons. The molecule has 0 spiro atoms. The van der Waals surface area contributed by atoms with Gasteiger partial charge in [0.25, 0.3) is 0 Å². The van der Waals surface area contributed by atoms with E-state index in [-0.39, 0.29) is 69.8 Å². The van der Waals surface area contributed by atoms with E-state index in [0.29, 0.717) is 34.7 Å². The molecule has 0 fully saturated rings.